The molecule has 0 radical (unpaired) electrons. The van der Waals surface area contributed by atoms with Gasteiger partial charge in [0.1, 0.15) is 6.54 Å². The molecule has 0 aliphatic carbocycles. The maximum Gasteiger partial charge on any atom is 0.243 e. The Labute approximate surface area is 139 Å². The summed E-state index contributed by atoms with van der Waals surface area (Å²) in [5.74, 6) is 0.477. The van der Waals surface area contributed by atoms with E-state index in [0.717, 1.165) is 4.90 Å². The molecule has 2 aliphatic rings. The van der Waals surface area contributed by atoms with E-state index in [4.69, 9.17) is 4.52 Å². The van der Waals surface area contributed by atoms with Crippen LogP contribution in [0.3, 0.4) is 0 Å². The van der Waals surface area contributed by atoms with E-state index >= 15 is 0 Å². The first kappa shape index (κ1) is 16.6. The van der Waals surface area contributed by atoms with Gasteiger partial charge >= 0.3 is 0 Å². The van der Waals surface area contributed by atoms with Crippen molar-refractivity contribution in [3.63, 3.8) is 0 Å². The third kappa shape index (κ3) is 3.30. The van der Waals surface area contributed by atoms with Gasteiger partial charge in [-0.15, -0.1) is 0 Å². The van der Waals surface area contributed by atoms with E-state index < -0.39 is 0 Å². The minimum absolute atomic E-state index is 0.00908. The number of carbonyl (C=O) groups excluding carboxylic acids is 3. The van der Waals surface area contributed by atoms with Crippen molar-refractivity contribution in [1.29, 1.82) is 0 Å². The van der Waals surface area contributed by atoms with Crippen LogP contribution in [0.4, 0.5) is 0 Å². The summed E-state index contributed by atoms with van der Waals surface area (Å²) in [5.41, 5.74) is 0. The van der Waals surface area contributed by atoms with Gasteiger partial charge in [-0.25, -0.2) is 0 Å². The standard InChI is InChI=1S/C15H21N5O4/c1-10(15-16-11(2)17-24-15)18-5-7-19(8-6-18)14(23)9-20-12(21)3-4-13(20)22/h10H,3-9H2,1-2H3/t10-/m0/s1. The number of piperazine rings is 1. The van der Waals surface area contributed by atoms with Crippen LogP contribution >= 0.6 is 0 Å². The number of amides is 3. The average molecular weight is 335 g/mol. The highest BCUT2D eigenvalue weighted by Crippen LogP contribution is 2.20. The Bertz CT molecular complexity index is 634. The third-order valence-electron chi connectivity index (χ3n) is 4.56. The van der Waals surface area contributed by atoms with Crippen molar-refractivity contribution in [1.82, 2.24) is 24.8 Å². The lowest BCUT2D eigenvalue weighted by Gasteiger charge is -2.37. The molecule has 0 bridgehead atoms. The van der Waals surface area contributed by atoms with E-state index in [2.05, 4.69) is 15.0 Å². The summed E-state index contributed by atoms with van der Waals surface area (Å²) in [4.78, 5) is 44.7. The summed E-state index contributed by atoms with van der Waals surface area (Å²) in [6.45, 7) is 6.07. The Morgan fingerprint density at radius 1 is 1.17 bits per heavy atom. The van der Waals surface area contributed by atoms with Crippen molar-refractivity contribution in [2.45, 2.75) is 32.7 Å². The Hall–Kier alpha value is -2.29. The fraction of sp³-hybridized carbons (Fsp3) is 0.667. The molecule has 9 heteroatoms. The van der Waals surface area contributed by atoms with Gasteiger partial charge in [-0.3, -0.25) is 24.2 Å². The molecule has 2 saturated heterocycles. The molecule has 3 heterocycles. The highest BCUT2D eigenvalue weighted by molar-refractivity contribution is 6.04. The smallest absolute Gasteiger partial charge is 0.243 e. The molecule has 1 aromatic heterocycles. The summed E-state index contributed by atoms with van der Waals surface area (Å²) in [6.07, 6.45) is 0.419. The SMILES string of the molecule is Cc1noc([C@H](C)N2CCN(C(=O)CN3C(=O)CCC3=O)CC2)n1. The second-order valence-corrected chi connectivity index (χ2v) is 6.15. The van der Waals surface area contributed by atoms with Gasteiger partial charge in [0.2, 0.25) is 23.6 Å². The largest absolute Gasteiger partial charge is 0.339 e. The summed E-state index contributed by atoms with van der Waals surface area (Å²) >= 11 is 0. The monoisotopic (exact) mass is 335 g/mol. The molecule has 2 fully saturated rings. The van der Waals surface area contributed by atoms with Gasteiger partial charge in [-0.1, -0.05) is 5.16 Å². The molecule has 1 aromatic rings. The molecule has 3 amide bonds. The van der Waals surface area contributed by atoms with Gasteiger partial charge in [0.05, 0.1) is 6.04 Å². The Morgan fingerprint density at radius 3 is 2.33 bits per heavy atom. The van der Waals surface area contributed by atoms with E-state index in [0.29, 0.717) is 37.9 Å². The lowest BCUT2D eigenvalue weighted by Crippen LogP contribution is -2.52. The summed E-state index contributed by atoms with van der Waals surface area (Å²) in [5, 5.41) is 3.80. The van der Waals surface area contributed by atoms with E-state index in [-0.39, 0.29) is 43.1 Å². The Balaban J connectivity index is 1.52. The van der Waals surface area contributed by atoms with E-state index in [1.807, 2.05) is 6.92 Å². The van der Waals surface area contributed by atoms with Crippen LogP contribution in [0.15, 0.2) is 4.52 Å². The zero-order valence-corrected chi connectivity index (χ0v) is 13.9. The molecule has 0 spiro atoms. The Kier molecular flexibility index (Phi) is 4.61. The van der Waals surface area contributed by atoms with E-state index in [1.165, 1.54) is 0 Å². The lowest BCUT2D eigenvalue weighted by atomic mass is 10.2. The van der Waals surface area contributed by atoms with Gasteiger partial charge in [0.15, 0.2) is 5.82 Å². The number of carbonyl (C=O) groups is 3. The number of imide groups is 1. The minimum Gasteiger partial charge on any atom is -0.339 e. The van der Waals surface area contributed by atoms with Crippen LogP contribution in [0, 0.1) is 6.92 Å². The summed E-state index contributed by atoms with van der Waals surface area (Å²) in [6, 6.07) is -0.00908. The highest BCUT2D eigenvalue weighted by atomic mass is 16.5. The first-order chi connectivity index (χ1) is 11.5. The zero-order valence-electron chi connectivity index (χ0n) is 13.9. The first-order valence-corrected chi connectivity index (χ1v) is 8.11. The average Bonchev–Trinajstić information content (AvgIpc) is 3.15. The number of aryl methyl sites for hydroxylation is 1. The van der Waals surface area contributed by atoms with Gasteiger partial charge in [-0.05, 0) is 13.8 Å². The number of rotatable bonds is 4. The quantitative estimate of drug-likeness (QED) is 0.698. The molecule has 130 valence electrons. The summed E-state index contributed by atoms with van der Waals surface area (Å²) in [7, 11) is 0. The normalized spacial score (nSPS) is 20.8. The number of aromatic nitrogens is 2. The van der Waals surface area contributed by atoms with Crippen LogP contribution in [0.1, 0.15) is 37.5 Å². The molecular formula is C15H21N5O4. The third-order valence-corrected chi connectivity index (χ3v) is 4.56. The number of likely N-dealkylation sites (tertiary alicyclic amines) is 1. The molecule has 0 N–H and O–H groups in total. The van der Waals surface area contributed by atoms with Crippen molar-refractivity contribution in [3.8, 4) is 0 Å². The molecule has 9 nitrogen and oxygen atoms in total. The molecule has 0 unspecified atom stereocenters. The van der Waals surface area contributed by atoms with Crippen molar-refractivity contribution >= 4 is 17.7 Å². The molecule has 1 atom stereocenters. The highest BCUT2D eigenvalue weighted by Gasteiger charge is 2.33. The van der Waals surface area contributed by atoms with Gasteiger partial charge in [0.25, 0.3) is 0 Å². The maximum atomic E-state index is 12.3. The zero-order chi connectivity index (χ0) is 17.3. The first-order valence-electron chi connectivity index (χ1n) is 8.11. The van der Waals surface area contributed by atoms with Crippen LogP contribution in [-0.2, 0) is 14.4 Å². The number of hydrogen-bond donors (Lipinski definition) is 0. The Morgan fingerprint density at radius 2 is 1.79 bits per heavy atom. The lowest BCUT2D eigenvalue weighted by molar-refractivity contribution is -0.146. The second-order valence-electron chi connectivity index (χ2n) is 6.15. The maximum absolute atomic E-state index is 12.3. The number of nitrogens with zero attached hydrogens (tertiary/aromatic N) is 5. The molecule has 0 saturated carbocycles. The molecular weight excluding hydrogens is 314 g/mol. The van der Waals surface area contributed by atoms with Crippen molar-refractivity contribution in [2.75, 3.05) is 32.7 Å². The summed E-state index contributed by atoms with van der Waals surface area (Å²) < 4.78 is 5.20. The van der Waals surface area contributed by atoms with Crippen LogP contribution in [0.25, 0.3) is 0 Å². The predicted molar refractivity (Wildman–Crippen MR) is 81.6 cm³/mol. The van der Waals surface area contributed by atoms with E-state index in [9.17, 15) is 14.4 Å². The molecule has 0 aromatic carbocycles. The van der Waals surface area contributed by atoms with Crippen LogP contribution in [0.5, 0.6) is 0 Å². The molecule has 2 aliphatic heterocycles. The van der Waals surface area contributed by atoms with E-state index in [1.54, 1.807) is 11.8 Å². The molecule has 24 heavy (non-hydrogen) atoms. The van der Waals surface area contributed by atoms with Gasteiger partial charge in [0, 0.05) is 39.0 Å². The molecule has 3 rings (SSSR count). The fourth-order valence-corrected chi connectivity index (χ4v) is 3.03. The fourth-order valence-electron chi connectivity index (χ4n) is 3.03. The van der Waals surface area contributed by atoms with Crippen LogP contribution < -0.4 is 0 Å². The van der Waals surface area contributed by atoms with Gasteiger partial charge in [-0.2, -0.15) is 4.98 Å². The number of hydrogen-bond acceptors (Lipinski definition) is 7. The van der Waals surface area contributed by atoms with Crippen LogP contribution in [-0.4, -0.2) is 75.3 Å². The second kappa shape index (κ2) is 6.68. The van der Waals surface area contributed by atoms with Crippen molar-refractivity contribution in [2.24, 2.45) is 0 Å². The van der Waals surface area contributed by atoms with Crippen LogP contribution in [0.2, 0.25) is 0 Å². The van der Waals surface area contributed by atoms with Crippen molar-refractivity contribution < 1.29 is 18.9 Å². The predicted octanol–water partition coefficient (Wildman–Crippen LogP) is -0.268. The van der Waals surface area contributed by atoms with Crippen molar-refractivity contribution in [3.05, 3.63) is 11.7 Å². The van der Waals surface area contributed by atoms with Gasteiger partial charge < -0.3 is 9.42 Å². The topological polar surface area (TPSA) is 99.9 Å². The minimum atomic E-state index is -0.257.